The summed E-state index contributed by atoms with van der Waals surface area (Å²) in [5.41, 5.74) is 3.34. The van der Waals surface area contributed by atoms with Gasteiger partial charge in [0.25, 0.3) is 0 Å². The van der Waals surface area contributed by atoms with Gasteiger partial charge in [0.15, 0.2) is 5.96 Å². The lowest BCUT2D eigenvalue weighted by atomic mass is 10.1. The van der Waals surface area contributed by atoms with E-state index in [1.165, 1.54) is 11.1 Å². The maximum absolute atomic E-state index is 5.48. The largest absolute Gasteiger partial charge is 0.496 e. The van der Waals surface area contributed by atoms with E-state index in [1.807, 2.05) is 12.1 Å². The van der Waals surface area contributed by atoms with Crippen LogP contribution in [-0.4, -0.2) is 34.3 Å². The van der Waals surface area contributed by atoms with Gasteiger partial charge in [0, 0.05) is 25.7 Å². The van der Waals surface area contributed by atoms with E-state index in [1.54, 1.807) is 28.4 Å². The number of aryl methyl sites for hydroxylation is 1. The van der Waals surface area contributed by atoms with Crippen molar-refractivity contribution in [2.45, 2.75) is 20.0 Å². The van der Waals surface area contributed by atoms with Crippen molar-refractivity contribution in [1.29, 1.82) is 0 Å². The van der Waals surface area contributed by atoms with Crippen LogP contribution in [0.4, 0.5) is 0 Å². The minimum atomic E-state index is 0.504. The molecule has 0 aliphatic carbocycles. The zero-order chi connectivity index (χ0) is 18.9. The van der Waals surface area contributed by atoms with E-state index in [2.05, 4.69) is 46.8 Å². The number of rotatable bonds is 7. The summed E-state index contributed by atoms with van der Waals surface area (Å²) in [6, 6.07) is 12.1. The van der Waals surface area contributed by atoms with Gasteiger partial charge < -0.3 is 24.8 Å². The predicted octanol–water partition coefficient (Wildman–Crippen LogP) is 2.89. The molecule has 6 heteroatoms. The molecular formula is C20H27N3O3. The van der Waals surface area contributed by atoms with Gasteiger partial charge in [-0.15, -0.1) is 0 Å². The van der Waals surface area contributed by atoms with Crippen molar-refractivity contribution in [3.05, 3.63) is 53.1 Å². The summed E-state index contributed by atoms with van der Waals surface area (Å²) in [5, 5.41) is 6.60. The predicted molar refractivity (Wildman–Crippen MR) is 104 cm³/mol. The molecule has 0 spiro atoms. The molecule has 2 rings (SSSR count). The summed E-state index contributed by atoms with van der Waals surface area (Å²) in [6.07, 6.45) is 0. The summed E-state index contributed by atoms with van der Waals surface area (Å²) < 4.78 is 16.2. The van der Waals surface area contributed by atoms with Crippen molar-refractivity contribution in [1.82, 2.24) is 10.6 Å². The maximum Gasteiger partial charge on any atom is 0.191 e. The number of methoxy groups -OCH3 is 3. The van der Waals surface area contributed by atoms with E-state index >= 15 is 0 Å². The second kappa shape index (κ2) is 9.56. The summed E-state index contributed by atoms with van der Waals surface area (Å²) in [6.45, 7) is 3.27. The van der Waals surface area contributed by atoms with Crippen LogP contribution in [0, 0.1) is 6.92 Å². The molecule has 0 heterocycles. The van der Waals surface area contributed by atoms with Crippen molar-refractivity contribution in [2.75, 3.05) is 28.4 Å². The highest BCUT2D eigenvalue weighted by molar-refractivity contribution is 5.79. The summed E-state index contributed by atoms with van der Waals surface area (Å²) in [7, 11) is 6.61. The number of hydrogen-bond donors (Lipinski definition) is 2. The van der Waals surface area contributed by atoms with Gasteiger partial charge in [0.1, 0.15) is 17.2 Å². The Morgan fingerprint density at radius 2 is 1.46 bits per heavy atom. The second-order valence-corrected chi connectivity index (χ2v) is 5.78. The number of ether oxygens (including phenoxy) is 3. The molecule has 0 saturated carbocycles. The third-order valence-corrected chi connectivity index (χ3v) is 4.05. The Labute approximate surface area is 155 Å². The molecule has 2 aromatic rings. The molecule has 0 fully saturated rings. The van der Waals surface area contributed by atoms with E-state index in [-0.39, 0.29) is 0 Å². The van der Waals surface area contributed by atoms with Crippen LogP contribution in [0.15, 0.2) is 41.4 Å². The van der Waals surface area contributed by atoms with Crippen molar-refractivity contribution in [3.63, 3.8) is 0 Å². The lowest BCUT2D eigenvalue weighted by Gasteiger charge is -2.17. The molecule has 0 unspecified atom stereocenters. The quantitative estimate of drug-likeness (QED) is 0.589. The van der Waals surface area contributed by atoms with Gasteiger partial charge >= 0.3 is 0 Å². The van der Waals surface area contributed by atoms with Crippen LogP contribution in [0.2, 0.25) is 0 Å². The lowest BCUT2D eigenvalue weighted by molar-refractivity contribution is 0.368. The van der Waals surface area contributed by atoms with Crippen LogP contribution in [0.5, 0.6) is 17.2 Å². The normalized spacial score (nSPS) is 11.0. The Kier molecular flexibility index (Phi) is 7.14. The summed E-state index contributed by atoms with van der Waals surface area (Å²) in [4.78, 5) is 4.27. The smallest absolute Gasteiger partial charge is 0.191 e. The van der Waals surface area contributed by atoms with Crippen LogP contribution in [0.3, 0.4) is 0 Å². The number of guanidine groups is 1. The Bertz CT molecular complexity index is 717. The van der Waals surface area contributed by atoms with Gasteiger partial charge in [-0.2, -0.15) is 0 Å². The minimum Gasteiger partial charge on any atom is -0.496 e. The van der Waals surface area contributed by atoms with Crippen LogP contribution in [0.1, 0.15) is 16.7 Å². The average Bonchev–Trinajstić information content (AvgIpc) is 2.68. The number of nitrogens with zero attached hydrogens (tertiary/aromatic N) is 1. The number of hydrogen-bond acceptors (Lipinski definition) is 4. The van der Waals surface area contributed by atoms with Gasteiger partial charge in [-0.3, -0.25) is 4.99 Å². The fraction of sp³-hybridized carbons (Fsp3) is 0.350. The number of aliphatic imine (C=N–C) groups is 1. The van der Waals surface area contributed by atoms with Gasteiger partial charge in [-0.25, -0.2) is 0 Å². The first kappa shape index (κ1) is 19.4. The second-order valence-electron chi connectivity index (χ2n) is 5.78. The van der Waals surface area contributed by atoms with Crippen molar-refractivity contribution < 1.29 is 14.2 Å². The molecule has 2 N–H and O–H groups in total. The monoisotopic (exact) mass is 357 g/mol. The molecule has 0 aliphatic heterocycles. The molecule has 0 atom stereocenters. The first-order valence-electron chi connectivity index (χ1n) is 8.40. The molecule has 6 nitrogen and oxygen atoms in total. The van der Waals surface area contributed by atoms with Crippen molar-refractivity contribution in [2.24, 2.45) is 4.99 Å². The van der Waals surface area contributed by atoms with E-state index < -0.39 is 0 Å². The van der Waals surface area contributed by atoms with Crippen LogP contribution >= 0.6 is 0 Å². The zero-order valence-corrected chi connectivity index (χ0v) is 16.1. The van der Waals surface area contributed by atoms with Gasteiger partial charge in [0.2, 0.25) is 0 Å². The molecule has 0 aliphatic rings. The molecule has 0 bridgehead atoms. The SMILES string of the molecule is CN=C(NCc1ccc(C)cc1)NCc1c(OC)cc(OC)cc1OC. The molecule has 0 amide bonds. The lowest BCUT2D eigenvalue weighted by Crippen LogP contribution is -2.36. The fourth-order valence-electron chi connectivity index (χ4n) is 2.54. The molecule has 26 heavy (non-hydrogen) atoms. The molecule has 0 saturated heterocycles. The van der Waals surface area contributed by atoms with E-state index in [9.17, 15) is 0 Å². The maximum atomic E-state index is 5.48. The number of nitrogens with one attached hydrogen (secondary N) is 2. The molecule has 0 radical (unpaired) electrons. The molecule has 140 valence electrons. The highest BCUT2D eigenvalue weighted by Crippen LogP contribution is 2.33. The third kappa shape index (κ3) is 5.05. The Hall–Kier alpha value is -2.89. The summed E-state index contributed by atoms with van der Waals surface area (Å²) >= 11 is 0. The van der Waals surface area contributed by atoms with E-state index in [0.717, 1.165) is 5.56 Å². The van der Waals surface area contributed by atoms with Crippen molar-refractivity contribution in [3.8, 4) is 17.2 Å². The minimum absolute atomic E-state index is 0.504. The highest BCUT2D eigenvalue weighted by atomic mass is 16.5. The van der Waals surface area contributed by atoms with E-state index in [0.29, 0.717) is 36.3 Å². The average molecular weight is 357 g/mol. The first-order chi connectivity index (χ1) is 12.6. The van der Waals surface area contributed by atoms with Crippen LogP contribution in [-0.2, 0) is 13.1 Å². The van der Waals surface area contributed by atoms with Gasteiger partial charge in [-0.05, 0) is 12.5 Å². The fourth-order valence-corrected chi connectivity index (χ4v) is 2.54. The van der Waals surface area contributed by atoms with Crippen molar-refractivity contribution >= 4 is 5.96 Å². The third-order valence-electron chi connectivity index (χ3n) is 4.05. The Morgan fingerprint density at radius 3 is 1.96 bits per heavy atom. The standard InChI is InChI=1S/C20H27N3O3/c1-14-6-8-15(9-7-14)12-22-20(21-2)23-13-17-18(25-4)10-16(24-3)11-19(17)26-5/h6-11H,12-13H2,1-5H3,(H2,21,22,23). The topological polar surface area (TPSA) is 64.1 Å². The van der Waals surface area contributed by atoms with Gasteiger partial charge in [0.05, 0.1) is 33.4 Å². The van der Waals surface area contributed by atoms with Crippen LogP contribution < -0.4 is 24.8 Å². The number of benzene rings is 2. The zero-order valence-electron chi connectivity index (χ0n) is 16.1. The first-order valence-corrected chi connectivity index (χ1v) is 8.40. The van der Waals surface area contributed by atoms with Gasteiger partial charge in [-0.1, -0.05) is 29.8 Å². The summed E-state index contributed by atoms with van der Waals surface area (Å²) in [5.74, 6) is 2.78. The molecular weight excluding hydrogens is 330 g/mol. The van der Waals surface area contributed by atoms with E-state index in [4.69, 9.17) is 14.2 Å². The molecule has 2 aromatic carbocycles. The Morgan fingerprint density at radius 1 is 0.885 bits per heavy atom. The Balaban J connectivity index is 2.04. The molecule has 0 aromatic heterocycles. The van der Waals surface area contributed by atoms with Crippen LogP contribution in [0.25, 0.3) is 0 Å². The highest BCUT2D eigenvalue weighted by Gasteiger charge is 2.13.